The van der Waals surface area contributed by atoms with Crippen LogP contribution in [0.5, 0.6) is 0 Å². The lowest BCUT2D eigenvalue weighted by molar-refractivity contribution is -0.117. The van der Waals surface area contributed by atoms with E-state index in [-0.39, 0.29) is 17.7 Å². The third-order valence-corrected chi connectivity index (χ3v) is 4.24. The van der Waals surface area contributed by atoms with E-state index in [0.717, 1.165) is 28.9 Å². The Morgan fingerprint density at radius 3 is 3.00 bits per heavy atom. The normalized spacial score (nSPS) is 20.3. The molecule has 6 nitrogen and oxygen atoms in total. The van der Waals surface area contributed by atoms with Crippen LogP contribution in [0.3, 0.4) is 0 Å². The van der Waals surface area contributed by atoms with Gasteiger partial charge >= 0.3 is 0 Å². The van der Waals surface area contributed by atoms with Crippen molar-refractivity contribution in [3.05, 3.63) is 41.8 Å². The number of hydrogen-bond acceptors (Lipinski definition) is 5. The molecule has 3 aromatic rings. The summed E-state index contributed by atoms with van der Waals surface area (Å²) in [6.45, 7) is 3.80. The van der Waals surface area contributed by atoms with E-state index in [4.69, 9.17) is 8.83 Å². The van der Waals surface area contributed by atoms with Crippen LogP contribution in [0.25, 0.3) is 11.1 Å². The number of amides is 1. The van der Waals surface area contributed by atoms with E-state index in [1.165, 1.54) is 6.33 Å². The molecule has 3 heterocycles. The Morgan fingerprint density at radius 1 is 1.36 bits per heavy atom. The van der Waals surface area contributed by atoms with Crippen molar-refractivity contribution in [2.24, 2.45) is 5.92 Å². The van der Waals surface area contributed by atoms with Gasteiger partial charge in [-0.05, 0) is 32.4 Å². The number of anilines is 1. The minimum absolute atomic E-state index is 0.0420. The van der Waals surface area contributed by atoms with E-state index in [0.29, 0.717) is 11.5 Å². The highest BCUT2D eigenvalue weighted by molar-refractivity contribution is 6.01. The summed E-state index contributed by atoms with van der Waals surface area (Å²) in [5, 5.41) is 3.67. The second kappa shape index (κ2) is 4.69. The van der Waals surface area contributed by atoms with Crippen LogP contribution in [0.4, 0.5) is 5.82 Å². The van der Waals surface area contributed by atoms with Gasteiger partial charge in [0.2, 0.25) is 11.6 Å². The molecule has 1 aliphatic rings. The summed E-state index contributed by atoms with van der Waals surface area (Å²) in [5.41, 5.74) is 1.45. The fourth-order valence-corrected chi connectivity index (χ4v) is 2.79. The van der Waals surface area contributed by atoms with Crippen LogP contribution in [0.15, 0.2) is 33.6 Å². The first-order chi connectivity index (χ1) is 10.6. The minimum Gasteiger partial charge on any atom is -0.469 e. The lowest BCUT2D eigenvalue weighted by Crippen LogP contribution is -2.15. The Balaban J connectivity index is 1.58. The quantitative estimate of drug-likeness (QED) is 0.803. The summed E-state index contributed by atoms with van der Waals surface area (Å²) in [7, 11) is 0. The zero-order valence-corrected chi connectivity index (χ0v) is 12.3. The van der Waals surface area contributed by atoms with Crippen molar-refractivity contribution < 1.29 is 13.6 Å². The van der Waals surface area contributed by atoms with Crippen molar-refractivity contribution >= 4 is 22.8 Å². The molecule has 6 heteroatoms. The van der Waals surface area contributed by atoms with Crippen LogP contribution in [-0.4, -0.2) is 15.9 Å². The van der Waals surface area contributed by atoms with Gasteiger partial charge in [-0.15, -0.1) is 0 Å². The van der Waals surface area contributed by atoms with Crippen LogP contribution in [0.1, 0.15) is 29.4 Å². The van der Waals surface area contributed by atoms with Crippen LogP contribution >= 0.6 is 0 Å². The van der Waals surface area contributed by atoms with Gasteiger partial charge in [-0.1, -0.05) is 0 Å². The summed E-state index contributed by atoms with van der Waals surface area (Å²) in [6.07, 6.45) is 3.84. The summed E-state index contributed by atoms with van der Waals surface area (Å²) >= 11 is 0. The smallest absolute Gasteiger partial charge is 0.231 e. The van der Waals surface area contributed by atoms with Crippen LogP contribution < -0.4 is 5.32 Å². The SMILES string of the molecule is Cc1oc2ncnc(NC(=O)[C@H]3C[C@@H]3c3ccco3)c2c1C. The molecule has 0 saturated heterocycles. The highest BCUT2D eigenvalue weighted by atomic mass is 16.3. The first kappa shape index (κ1) is 13.1. The number of carbonyl (C=O) groups is 1. The summed E-state index contributed by atoms with van der Waals surface area (Å²) in [6, 6.07) is 3.75. The van der Waals surface area contributed by atoms with Crippen molar-refractivity contribution in [1.82, 2.24) is 9.97 Å². The number of carbonyl (C=O) groups excluding carboxylic acids is 1. The fraction of sp³-hybridized carbons (Fsp3) is 0.312. The van der Waals surface area contributed by atoms with E-state index in [1.807, 2.05) is 26.0 Å². The van der Waals surface area contributed by atoms with Crippen LogP contribution in [0.2, 0.25) is 0 Å². The highest BCUT2D eigenvalue weighted by Crippen LogP contribution is 2.48. The average Bonchev–Trinajstić information content (AvgIpc) is 3.00. The molecule has 0 bridgehead atoms. The maximum Gasteiger partial charge on any atom is 0.231 e. The average molecular weight is 297 g/mol. The minimum atomic E-state index is -0.0653. The molecule has 0 aromatic carbocycles. The zero-order valence-electron chi connectivity index (χ0n) is 12.3. The number of aromatic nitrogens is 2. The number of nitrogens with zero attached hydrogens (tertiary/aromatic N) is 2. The number of hydrogen-bond donors (Lipinski definition) is 1. The molecule has 0 spiro atoms. The first-order valence-electron chi connectivity index (χ1n) is 7.20. The third kappa shape index (κ3) is 1.99. The number of nitrogens with one attached hydrogen (secondary N) is 1. The van der Waals surface area contributed by atoms with Crippen molar-refractivity contribution in [3.8, 4) is 0 Å². The molecule has 1 N–H and O–H groups in total. The molecule has 4 rings (SSSR count). The Labute approximate surface area is 126 Å². The van der Waals surface area contributed by atoms with Gasteiger partial charge in [0.25, 0.3) is 0 Å². The molecular formula is C16H15N3O3. The van der Waals surface area contributed by atoms with E-state index < -0.39 is 0 Å². The number of rotatable bonds is 3. The molecule has 3 aromatic heterocycles. The molecule has 0 radical (unpaired) electrons. The largest absolute Gasteiger partial charge is 0.469 e. The maximum absolute atomic E-state index is 12.4. The molecule has 1 aliphatic carbocycles. The predicted octanol–water partition coefficient (Wildman–Crippen LogP) is 3.17. The molecule has 1 fully saturated rings. The Bertz CT molecular complexity index is 851. The van der Waals surface area contributed by atoms with E-state index in [9.17, 15) is 4.79 Å². The standard InChI is InChI=1S/C16H15N3O3/c1-8-9(2)22-16-13(8)14(17-7-18-16)19-15(20)11-6-10(11)12-4-3-5-21-12/h3-5,7,10-11H,6H2,1-2H3,(H,17,18,19,20)/t10-,11-/m0/s1. The molecular weight excluding hydrogens is 282 g/mol. The van der Waals surface area contributed by atoms with Gasteiger partial charge < -0.3 is 14.2 Å². The molecule has 112 valence electrons. The van der Waals surface area contributed by atoms with E-state index in [1.54, 1.807) is 6.26 Å². The predicted molar refractivity (Wildman–Crippen MR) is 79.5 cm³/mol. The van der Waals surface area contributed by atoms with Crippen LogP contribution in [-0.2, 0) is 4.79 Å². The van der Waals surface area contributed by atoms with E-state index in [2.05, 4.69) is 15.3 Å². The van der Waals surface area contributed by atoms with Gasteiger partial charge in [0.15, 0.2) is 0 Å². The Morgan fingerprint density at radius 2 is 2.23 bits per heavy atom. The molecule has 0 aliphatic heterocycles. The number of aryl methyl sites for hydroxylation is 2. The van der Waals surface area contributed by atoms with Gasteiger partial charge in [0.05, 0.1) is 11.6 Å². The maximum atomic E-state index is 12.4. The molecule has 0 unspecified atom stereocenters. The van der Waals surface area contributed by atoms with Crippen molar-refractivity contribution in [3.63, 3.8) is 0 Å². The lowest BCUT2D eigenvalue weighted by atomic mass is 10.2. The summed E-state index contributed by atoms with van der Waals surface area (Å²) < 4.78 is 10.9. The monoisotopic (exact) mass is 297 g/mol. The first-order valence-corrected chi connectivity index (χ1v) is 7.20. The summed E-state index contributed by atoms with van der Waals surface area (Å²) in [5.74, 6) is 2.22. The fourth-order valence-electron chi connectivity index (χ4n) is 2.79. The lowest BCUT2D eigenvalue weighted by Gasteiger charge is -2.04. The van der Waals surface area contributed by atoms with Crippen molar-refractivity contribution in [2.45, 2.75) is 26.2 Å². The second-order valence-electron chi connectivity index (χ2n) is 5.64. The molecule has 2 atom stereocenters. The highest BCUT2D eigenvalue weighted by Gasteiger charge is 2.46. The third-order valence-electron chi connectivity index (χ3n) is 4.24. The van der Waals surface area contributed by atoms with Gasteiger partial charge in [-0.3, -0.25) is 4.79 Å². The Hall–Kier alpha value is -2.63. The molecule has 1 amide bonds. The van der Waals surface area contributed by atoms with Crippen molar-refractivity contribution in [2.75, 3.05) is 5.32 Å². The van der Waals surface area contributed by atoms with Gasteiger partial charge in [-0.2, -0.15) is 0 Å². The molecule has 22 heavy (non-hydrogen) atoms. The Kier molecular flexibility index (Phi) is 2.79. The van der Waals surface area contributed by atoms with Crippen LogP contribution in [0, 0.1) is 19.8 Å². The second-order valence-corrected chi connectivity index (χ2v) is 5.64. The molecule has 1 saturated carbocycles. The van der Waals surface area contributed by atoms with Gasteiger partial charge in [0, 0.05) is 17.4 Å². The van der Waals surface area contributed by atoms with Crippen molar-refractivity contribution in [1.29, 1.82) is 0 Å². The van der Waals surface area contributed by atoms with Gasteiger partial charge in [-0.25, -0.2) is 9.97 Å². The number of furan rings is 2. The summed E-state index contributed by atoms with van der Waals surface area (Å²) in [4.78, 5) is 20.7. The van der Waals surface area contributed by atoms with E-state index >= 15 is 0 Å². The zero-order chi connectivity index (χ0) is 15.3. The van der Waals surface area contributed by atoms with Gasteiger partial charge in [0.1, 0.15) is 23.7 Å². The topological polar surface area (TPSA) is 81.2 Å². The number of fused-ring (bicyclic) bond motifs is 1.